The van der Waals surface area contributed by atoms with Crippen molar-refractivity contribution in [3.05, 3.63) is 0 Å². The molecule has 0 amide bonds. The lowest BCUT2D eigenvalue weighted by Crippen LogP contribution is -2.54. The molecule has 13 heavy (non-hydrogen) atoms. The Morgan fingerprint density at radius 1 is 1.46 bits per heavy atom. The number of aliphatic hydroxyl groups excluding tert-OH is 1. The van der Waals surface area contributed by atoms with Crippen LogP contribution in [-0.4, -0.2) is 35.2 Å². The van der Waals surface area contributed by atoms with Crippen molar-refractivity contribution >= 4 is 0 Å². The van der Waals surface area contributed by atoms with Crippen LogP contribution in [0, 0.1) is 5.92 Å². The maximum Gasteiger partial charge on any atom is 0.0476 e. The molecule has 0 aliphatic carbocycles. The van der Waals surface area contributed by atoms with Gasteiger partial charge in [-0.3, -0.25) is 4.90 Å². The first-order chi connectivity index (χ1) is 6.12. The Hall–Kier alpha value is -0.0800. The Morgan fingerprint density at radius 2 is 2.15 bits per heavy atom. The van der Waals surface area contributed by atoms with Crippen LogP contribution in [0.25, 0.3) is 0 Å². The topological polar surface area (TPSA) is 23.5 Å². The summed E-state index contributed by atoms with van der Waals surface area (Å²) in [6.45, 7) is 9.47. The first-order valence-electron chi connectivity index (χ1n) is 5.48. The van der Waals surface area contributed by atoms with Crippen LogP contribution < -0.4 is 0 Å². The molecule has 1 N–H and O–H groups in total. The summed E-state index contributed by atoms with van der Waals surface area (Å²) in [5, 5.41) is 9.29. The van der Waals surface area contributed by atoms with Gasteiger partial charge in [0.2, 0.25) is 0 Å². The van der Waals surface area contributed by atoms with Gasteiger partial charge in [0.1, 0.15) is 0 Å². The van der Waals surface area contributed by atoms with Gasteiger partial charge in [0.15, 0.2) is 0 Å². The van der Waals surface area contributed by atoms with Crippen LogP contribution in [0.4, 0.5) is 0 Å². The molecule has 1 rings (SSSR count). The molecule has 2 heteroatoms. The summed E-state index contributed by atoms with van der Waals surface area (Å²) in [5.41, 5.74) is 0.197. The van der Waals surface area contributed by atoms with Gasteiger partial charge in [-0.25, -0.2) is 0 Å². The number of hydrogen-bond donors (Lipinski definition) is 1. The van der Waals surface area contributed by atoms with Gasteiger partial charge in [0, 0.05) is 12.1 Å². The zero-order valence-corrected chi connectivity index (χ0v) is 9.21. The molecule has 0 saturated carbocycles. The van der Waals surface area contributed by atoms with Crippen molar-refractivity contribution in [2.75, 3.05) is 19.7 Å². The fraction of sp³-hybridized carbons (Fsp3) is 1.00. The molecule has 0 aromatic carbocycles. The smallest absolute Gasteiger partial charge is 0.0476 e. The van der Waals surface area contributed by atoms with E-state index in [0.29, 0.717) is 12.5 Å². The second kappa shape index (κ2) is 4.43. The number of aliphatic hydroxyl groups is 1. The highest BCUT2D eigenvalue weighted by Crippen LogP contribution is 2.32. The summed E-state index contributed by atoms with van der Waals surface area (Å²) in [4.78, 5) is 2.53. The molecule has 2 nitrogen and oxygen atoms in total. The third-order valence-electron chi connectivity index (χ3n) is 3.51. The molecule has 1 aliphatic rings. The van der Waals surface area contributed by atoms with Crippen molar-refractivity contribution in [3.8, 4) is 0 Å². The average Bonchev–Trinajstić information content (AvgIpc) is 2.08. The Kier molecular flexibility index (Phi) is 3.74. The number of hydrogen-bond acceptors (Lipinski definition) is 2. The highest BCUT2D eigenvalue weighted by Gasteiger charge is 2.37. The second-order valence-corrected chi connectivity index (χ2v) is 4.66. The number of rotatable bonds is 3. The molecule has 1 aliphatic heterocycles. The Balaban J connectivity index is 2.63. The molecular weight excluding hydrogens is 162 g/mol. The summed E-state index contributed by atoms with van der Waals surface area (Å²) in [5.74, 6) is 0.466. The van der Waals surface area contributed by atoms with Crippen LogP contribution in [0.5, 0.6) is 0 Å². The van der Waals surface area contributed by atoms with Gasteiger partial charge < -0.3 is 5.11 Å². The van der Waals surface area contributed by atoms with Crippen molar-refractivity contribution < 1.29 is 5.11 Å². The van der Waals surface area contributed by atoms with Crippen molar-refractivity contribution in [2.45, 2.75) is 45.6 Å². The molecule has 1 atom stereocenters. The standard InChI is InChI=1S/C11H23NO/c1-4-7-12-8-5-6-10(9-13)11(12,2)3/h10,13H,4-9H2,1-3H3. The van der Waals surface area contributed by atoms with E-state index < -0.39 is 0 Å². The minimum atomic E-state index is 0.197. The van der Waals surface area contributed by atoms with E-state index in [4.69, 9.17) is 0 Å². The molecule has 1 fully saturated rings. The summed E-state index contributed by atoms with van der Waals surface area (Å²) in [6, 6.07) is 0. The zero-order valence-electron chi connectivity index (χ0n) is 9.21. The molecule has 1 unspecified atom stereocenters. The normalized spacial score (nSPS) is 29.1. The van der Waals surface area contributed by atoms with Crippen molar-refractivity contribution in [3.63, 3.8) is 0 Å². The van der Waals surface area contributed by atoms with Gasteiger partial charge in [-0.2, -0.15) is 0 Å². The molecule has 78 valence electrons. The zero-order chi connectivity index (χ0) is 9.90. The Morgan fingerprint density at radius 3 is 2.69 bits per heavy atom. The van der Waals surface area contributed by atoms with E-state index in [-0.39, 0.29) is 5.54 Å². The molecule has 0 aromatic rings. The first kappa shape index (κ1) is 11.0. The lowest BCUT2D eigenvalue weighted by atomic mass is 9.79. The maximum absolute atomic E-state index is 9.29. The van der Waals surface area contributed by atoms with E-state index in [0.717, 1.165) is 0 Å². The van der Waals surface area contributed by atoms with Gasteiger partial charge >= 0.3 is 0 Å². The van der Waals surface area contributed by atoms with E-state index in [1.165, 1.54) is 32.4 Å². The van der Waals surface area contributed by atoms with Crippen LogP contribution in [0.1, 0.15) is 40.0 Å². The van der Waals surface area contributed by atoms with Gasteiger partial charge in [0.05, 0.1) is 0 Å². The average molecular weight is 185 g/mol. The third-order valence-corrected chi connectivity index (χ3v) is 3.51. The van der Waals surface area contributed by atoms with E-state index in [1.54, 1.807) is 0 Å². The quantitative estimate of drug-likeness (QED) is 0.725. The third kappa shape index (κ3) is 2.23. The molecule has 1 heterocycles. The summed E-state index contributed by atoms with van der Waals surface area (Å²) in [6.07, 6.45) is 3.64. The van der Waals surface area contributed by atoms with E-state index in [1.807, 2.05) is 0 Å². The SMILES string of the molecule is CCCN1CCCC(CO)C1(C)C. The molecule has 0 aromatic heterocycles. The van der Waals surface area contributed by atoms with Crippen LogP contribution in [0.15, 0.2) is 0 Å². The number of nitrogens with zero attached hydrogens (tertiary/aromatic N) is 1. The molecule has 1 saturated heterocycles. The minimum Gasteiger partial charge on any atom is -0.396 e. The highest BCUT2D eigenvalue weighted by molar-refractivity contribution is 4.91. The fourth-order valence-corrected chi connectivity index (χ4v) is 2.41. The van der Waals surface area contributed by atoms with Crippen molar-refractivity contribution in [1.82, 2.24) is 4.90 Å². The number of piperidine rings is 1. The maximum atomic E-state index is 9.29. The van der Waals surface area contributed by atoms with Gasteiger partial charge in [0.25, 0.3) is 0 Å². The van der Waals surface area contributed by atoms with Gasteiger partial charge in [-0.05, 0) is 52.1 Å². The molecular formula is C11H23NO. The molecule has 0 spiro atoms. The van der Waals surface area contributed by atoms with E-state index in [9.17, 15) is 5.11 Å². The minimum absolute atomic E-state index is 0.197. The lowest BCUT2D eigenvalue weighted by Gasteiger charge is -2.47. The van der Waals surface area contributed by atoms with Crippen LogP contribution >= 0.6 is 0 Å². The van der Waals surface area contributed by atoms with E-state index in [2.05, 4.69) is 25.7 Å². The van der Waals surface area contributed by atoms with Gasteiger partial charge in [-0.15, -0.1) is 0 Å². The largest absolute Gasteiger partial charge is 0.396 e. The summed E-state index contributed by atoms with van der Waals surface area (Å²) >= 11 is 0. The predicted octanol–water partition coefficient (Wildman–Crippen LogP) is 1.88. The van der Waals surface area contributed by atoms with Gasteiger partial charge in [-0.1, -0.05) is 6.92 Å². The summed E-state index contributed by atoms with van der Waals surface area (Å²) < 4.78 is 0. The van der Waals surface area contributed by atoms with Crippen molar-refractivity contribution in [2.24, 2.45) is 5.92 Å². The predicted molar refractivity (Wildman–Crippen MR) is 55.8 cm³/mol. The lowest BCUT2D eigenvalue weighted by molar-refractivity contribution is -0.00415. The second-order valence-electron chi connectivity index (χ2n) is 4.66. The van der Waals surface area contributed by atoms with E-state index >= 15 is 0 Å². The first-order valence-corrected chi connectivity index (χ1v) is 5.48. The fourth-order valence-electron chi connectivity index (χ4n) is 2.41. The highest BCUT2D eigenvalue weighted by atomic mass is 16.3. The van der Waals surface area contributed by atoms with Crippen LogP contribution in [0.3, 0.4) is 0 Å². The molecule has 0 radical (unpaired) electrons. The van der Waals surface area contributed by atoms with Crippen LogP contribution in [-0.2, 0) is 0 Å². The number of likely N-dealkylation sites (tertiary alicyclic amines) is 1. The monoisotopic (exact) mass is 185 g/mol. The Labute approximate surface area is 81.9 Å². The van der Waals surface area contributed by atoms with Crippen molar-refractivity contribution in [1.29, 1.82) is 0 Å². The summed E-state index contributed by atoms with van der Waals surface area (Å²) in [7, 11) is 0. The van der Waals surface area contributed by atoms with Crippen LogP contribution in [0.2, 0.25) is 0 Å². The molecule has 0 bridgehead atoms. The Bertz CT molecular complexity index is 154.